The molecule has 50 valence electrons. The Bertz CT molecular complexity index is 26.5. The van der Waals surface area contributed by atoms with Gasteiger partial charge in [0.1, 0.15) is 0 Å². The molecule has 0 saturated heterocycles. The van der Waals surface area contributed by atoms with Gasteiger partial charge >= 0.3 is 23.1 Å². The van der Waals surface area contributed by atoms with Crippen LogP contribution in [0.25, 0.3) is 0 Å². The fourth-order valence-corrected chi connectivity index (χ4v) is 0. The van der Waals surface area contributed by atoms with Crippen LogP contribution in [0.1, 0.15) is 2.85 Å². The van der Waals surface area contributed by atoms with Gasteiger partial charge in [-0.1, -0.05) is 0 Å². The predicted octanol–water partition coefficient (Wildman–Crippen LogP) is -1.35. The molecule has 2 radical (unpaired) electrons. The van der Waals surface area contributed by atoms with Crippen molar-refractivity contribution in [3.8, 4) is 0 Å². The van der Waals surface area contributed by atoms with Gasteiger partial charge in [0.05, 0.1) is 0 Å². The summed E-state index contributed by atoms with van der Waals surface area (Å²) >= 11 is 0. The Kier molecular flexibility index (Phi) is 524. The number of rotatable bonds is 0. The molecule has 0 unspecified atom stereocenters. The quantitative estimate of drug-likeness (QED) is 0.480. The molecule has 0 rings (SSSR count). The summed E-state index contributed by atoms with van der Waals surface area (Å²) in [5.41, 5.74) is 0. The first-order valence-corrected chi connectivity index (χ1v) is 0. The van der Waals surface area contributed by atoms with E-state index >= 15 is 0 Å². The maximum Gasteiger partial charge on any atom is 2.00 e. The van der Waals surface area contributed by atoms with Gasteiger partial charge in [-0.15, -0.1) is 0 Å². The monoisotopic (exact) mass is 336 g/mol. The van der Waals surface area contributed by atoms with Gasteiger partial charge in [0.15, 0.2) is 17.4 Å². The topological polar surface area (TPSA) is 0 Å². The van der Waals surface area contributed by atoms with Crippen LogP contribution in [-0.2, 0) is 84.8 Å². The summed E-state index contributed by atoms with van der Waals surface area (Å²) in [6.45, 7) is 0. The first kappa shape index (κ1) is 70.7. The zero-order valence-corrected chi connectivity index (χ0v) is 9.50. The molecule has 0 heterocycles. The van der Waals surface area contributed by atoms with Gasteiger partial charge in [-0.05, 0) is 0 Å². The van der Waals surface area contributed by atoms with Gasteiger partial charge in [0, 0.05) is 84.8 Å². The van der Waals surface area contributed by atoms with Crippen LogP contribution < -0.4 is 0 Å². The molecule has 0 aromatic carbocycles. The molecular formula is H5AlCoCrFeMgMnNi. The molecule has 0 aliphatic rings. The van der Waals surface area contributed by atoms with Crippen LogP contribution >= 0.6 is 0 Å². The van der Waals surface area contributed by atoms with E-state index in [1.165, 1.54) is 0 Å². The summed E-state index contributed by atoms with van der Waals surface area (Å²) in [5.74, 6) is 0. The summed E-state index contributed by atoms with van der Waals surface area (Å²) in [6.07, 6.45) is 0. The molecule has 0 N–H and O–H groups in total. The van der Waals surface area contributed by atoms with E-state index in [-0.39, 0.29) is 128 Å². The Morgan fingerprint density at radius 2 is 1.14 bits per heavy atom. The molecule has 0 spiro atoms. The Balaban J connectivity index is 0. The molecule has 0 amide bonds. The van der Waals surface area contributed by atoms with Crippen LogP contribution in [0.4, 0.5) is 0 Å². The van der Waals surface area contributed by atoms with Gasteiger partial charge in [0.25, 0.3) is 0 Å². The molecule has 0 nitrogen and oxygen atoms in total. The van der Waals surface area contributed by atoms with Crippen molar-refractivity contribution < 1.29 is 87.6 Å². The van der Waals surface area contributed by atoms with Crippen molar-refractivity contribution in [1.29, 1.82) is 0 Å². The second-order valence-corrected chi connectivity index (χ2v) is 0. The fraction of sp³-hybridized carbons (Fsp3) is 0. The van der Waals surface area contributed by atoms with E-state index in [1.54, 1.807) is 0 Å². The maximum absolute atomic E-state index is 0. The van der Waals surface area contributed by atoms with Gasteiger partial charge in [0.2, 0.25) is 0 Å². The van der Waals surface area contributed by atoms with E-state index < -0.39 is 0 Å². The summed E-state index contributed by atoms with van der Waals surface area (Å²) < 4.78 is 0. The van der Waals surface area contributed by atoms with E-state index in [0.29, 0.717) is 0 Å². The van der Waals surface area contributed by atoms with Crippen LogP contribution in [0, 0.1) is 0 Å². The van der Waals surface area contributed by atoms with E-state index in [0.717, 1.165) is 0 Å². The van der Waals surface area contributed by atoms with Crippen molar-refractivity contribution in [2.24, 2.45) is 0 Å². The molecule has 7 heavy (non-hydrogen) atoms. The largest absolute Gasteiger partial charge is 2.00 e. The van der Waals surface area contributed by atoms with Gasteiger partial charge in [-0.25, -0.2) is 0 Å². The van der Waals surface area contributed by atoms with Gasteiger partial charge in [-0.2, -0.15) is 0 Å². The average Bonchev–Trinajstić information content (AvgIpc) is 0. The summed E-state index contributed by atoms with van der Waals surface area (Å²) in [7, 11) is 0. The maximum atomic E-state index is 0. The Hall–Kier alpha value is 3.87. The fourth-order valence-electron chi connectivity index (χ4n) is 0. The number of hydrogen-bond acceptors (Lipinski definition) is 0. The second kappa shape index (κ2) is 51.8. The summed E-state index contributed by atoms with van der Waals surface area (Å²) in [5, 5.41) is 0. The summed E-state index contributed by atoms with van der Waals surface area (Å²) in [4.78, 5) is 0. The molecule has 0 aliphatic carbocycles. The molecule has 0 aliphatic heterocycles. The molecule has 0 fully saturated rings. The Labute approximate surface area is 126 Å². The van der Waals surface area contributed by atoms with Crippen LogP contribution in [0.2, 0.25) is 0 Å². The zero-order chi connectivity index (χ0) is 0. The minimum atomic E-state index is 0. The van der Waals surface area contributed by atoms with E-state index in [2.05, 4.69) is 0 Å². The third kappa shape index (κ3) is 40.8. The van der Waals surface area contributed by atoms with Crippen LogP contribution in [-0.4, -0.2) is 40.4 Å². The standard InChI is InChI=1S/Al.Co.Cr.Fe.Mg.Mn.Ni.5H/q;;;;+2;;;;;;2*-1. The third-order valence-electron chi connectivity index (χ3n) is 0. The summed E-state index contributed by atoms with van der Waals surface area (Å²) in [6, 6.07) is 0. The predicted molar refractivity (Wildman–Crippen MR) is 17.9 cm³/mol. The Morgan fingerprint density at radius 1 is 1.14 bits per heavy atom. The number of hydrogen-bond donors (Lipinski definition) is 0. The van der Waals surface area contributed by atoms with Crippen LogP contribution in [0.15, 0.2) is 0 Å². The SMILES string of the molecule is [AlH3].[Co].[Cr].[Fe].[H-].[H-].[Mg+2].[Mn].[Ni]. The molecule has 0 bridgehead atoms. The smallest absolute Gasteiger partial charge is 1.00 e. The first-order valence-electron chi connectivity index (χ1n) is 0. The molecular weight excluding hydrogens is 332 g/mol. The van der Waals surface area contributed by atoms with Crippen LogP contribution in [0.5, 0.6) is 0 Å². The average molecular weight is 337 g/mol. The van der Waals surface area contributed by atoms with Crippen molar-refractivity contribution in [3.63, 3.8) is 0 Å². The van der Waals surface area contributed by atoms with E-state index in [9.17, 15) is 0 Å². The minimum Gasteiger partial charge on any atom is -1.00 e. The van der Waals surface area contributed by atoms with Crippen molar-refractivity contribution in [2.45, 2.75) is 0 Å². The minimum absolute atomic E-state index is 0. The first-order chi connectivity index (χ1) is 0. The van der Waals surface area contributed by atoms with Crippen molar-refractivity contribution in [1.82, 2.24) is 0 Å². The van der Waals surface area contributed by atoms with Crippen molar-refractivity contribution in [3.05, 3.63) is 0 Å². The molecule has 0 atom stereocenters. The molecule has 0 saturated carbocycles. The molecule has 0 aromatic rings. The normalized spacial score (nSPS) is 0. The van der Waals surface area contributed by atoms with Crippen LogP contribution in [0.3, 0.4) is 0 Å². The van der Waals surface area contributed by atoms with Gasteiger partial charge in [-0.3, -0.25) is 0 Å². The van der Waals surface area contributed by atoms with E-state index in [1.807, 2.05) is 0 Å². The Morgan fingerprint density at radius 3 is 1.14 bits per heavy atom. The molecule has 7 heteroatoms. The zero-order valence-electron chi connectivity index (χ0n) is 4.50. The van der Waals surface area contributed by atoms with Crippen molar-refractivity contribution >= 4 is 40.4 Å². The van der Waals surface area contributed by atoms with Crippen molar-refractivity contribution in [2.75, 3.05) is 0 Å². The van der Waals surface area contributed by atoms with E-state index in [4.69, 9.17) is 0 Å². The third-order valence-corrected chi connectivity index (χ3v) is 0. The second-order valence-electron chi connectivity index (χ2n) is 0. The molecule has 0 aromatic heterocycles. The van der Waals surface area contributed by atoms with Gasteiger partial charge < -0.3 is 2.85 Å².